The summed E-state index contributed by atoms with van der Waals surface area (Å²) < 4.78 is 48.3. The summed E-state index contributed by atoms with van der Waals surface area (Å²) in [5.41, 5.74) is 13.3. The van der Waals surface area contributed by atoms with Crippen molar-refractivity contribution in [3.8, 4) is 102 Å². The van der Waals surface area contributed by atoms with Crippen molar-refractivity contribution in [2.24, 2.45) is 0 Å². The molecule has 0 unspecified atom stereocenters. The van der Waals surface area contributed by atoms with Crippen LogP contribution in [0.2, 0.25) is 0 Å². The van der Waals surface area contributed by atoms with Crippen LogP contribution in [0.5, 0.6) is 0 Å². The average molecular weight is 1110 g/mol. The lowest BCUT2D eigenvalue weighted by Crippen LogP contribution is -2.05. The standard InChI is InChI=1S/C74H47F3N8/c1-46-39-41-62-58(43-46)54-31-14-16-35-60(54)84(62)64-37-19-33-56(72-80-68(47-21-6-2-7-22-47)78-69(81-72)48-23-8-3-9-24-48)66(64)51-29-18-30-52(44-51)67-57(73-82-70(49-25-10-4-11-26-49)79-71(83-73)50-27-12-5-13-28-50)34-20-38-65(67)85-61-36-17-15-32-55(61)59-45-53(74(75,76)77)40-42-63(59)85/h2-45H,1H3. The van der Waals surface area contributed by atoms with Crippen LogP contribution in [-0.4, -0.2) is 39.0 Å². The Morgan fingerprint density at radius 2 is 0.624 bits per heavy atom. The molecule has 8 nitrogen and oxygen atoms in total. The molecule has 404 valence electrons. The van der Waals surface area contributed by atoms with Crippen LogP contribution in [0.3, 0.4) is 0 Å². The van der Waals surface area contributed by atoms with Gasteiger partial charge in [-0.15, -0.1) is 0 Å². The number of nitrogens with zero attached hydrogens (tertiary/aromatic N) is 8. The quantitative estimate of drug-likeness (QED) is 0.136. The summed E-state index contributed by atoms with van der Waals surface area (Å²) in [6.45, 7) is 2.12. The van der Waals surface area contributed by atoms with Gasteiger partial charge in [-0.1, -0.05) is 212 Å². The Morgan fingerprint density at radius 3 is 1.05 bits per heavy atom. The lowest BCUT2D eigenvalue weighted by molar-refractivity contribution is -0.137. The van der Waals surface area contributed by atoms with Gasteiger partial charge >= 0.3 is 6.18 Å². The van der Waals surface area contributed by atoms with Crippen molar-refractivity contribution in [2.45, 2.75) is 13.1 Å². The highest BCUT2D eigenvalue weighted by Gasteiger charge is 2.32. The van der Waals surface area contributed by atoms with E-state index in [0.29, 0.717) is 62.5 Å². The first-order valence-corrected chi connectivity index (χ1v) is 27.9. The van der Waals surface area contributed by atoms with Gasteiger partial charge in [0.25, 0.3) is 0 Å². The van der Waals surface area contributed by atoms with Crippen LogP contribution in [0, 0.1) is 6.92 Å². The fraction of sp³-hybridized carbons (Fsp3) is 0.0270. The minimum absolute atomic E-state index is 0.406. The van der Waals surface area contributed by atoms with Crippen LogP contribution in [0.4, 0.5) is 13.2 Å². The van der Waals surface area contributed by atoms with E-state index in [-0.39, 0.29) is 0 Å². The lowest BCUT2D eigenvalue weighted by Gasteiger charge is -2.21. The molecule has 11 heteroatoms. The van der Waals surface area contributed by atoms with E-state index in [0.717, 1.165) is 94.7 Å². The van der Waals surface area contributed by atoms with Crippen molar-refractivity contribution < 1.29 is 13.2 Å². The number of halogens is 3. The Balaban J connectivity index is 1.05. The maximum Gasteiger partial charge on any atom is 0.416 e. The van der Waals surface area contributed by atoms with E-state index in [1.54, 1.807) is 6.07 Å². The Bertz CT molecular complexity index is 4940. The van der Waals surface area contributed by atoms with Crippen LogP contribution < -0.4 is 0 Å². The zero-order valence-electron chi connectivity index (χ0n) is 45.6. The summed E-state index contributed by atoms with van der Waals surface area (Å²) in [6, 6.07) is 87.0. The number of fused-ring (bicyclic) bond motifs is 6. The zero-order valence-corrected chi connectivity index (χ0v) is 45.6. The van der Waals surface area contributed by atoms with E-state index in [1.165, 1.54) is 6.07 Å². The van der Waals surface area contributed by atoms with Crippen LogP contribution in [-0.2, 0) is 6.18 Å². The van der Waals surface area contributed by atoms with E-state index >= 15 is 0 Å². The molecule has 0 aliphatic heterocycles. The Kier molecular flexibility index (Phi) is 12.3. The topological polar surface area (TPSA) is 87.2 Å². The molecule has 0 N–H and O–H groups in total. The van der Waals surface area contributed by atoms with Crippen LogP contribution >= 0.6 is 0 Å². The number of aromatic nitrogens is 8. The summed E-state index contributed by atoms with van der Waals surface area (Å²) in [7, 11) is 0. The van der Waals surface area contributed by atoms with E-state index < -0.39 is 11.7 Å². The minimum atomic E-state index is -4.56. The molecule has 0 saturated carbocycles. The first-order chi connectivity index (χ1) is 41.7. The molecular formula is C74H47F3N8. The monoisotopic (exact) mass is 1100 g/mol. The predicted octanol–water partition coefficient (Wildman–Crippen LogP) is 18.9. The van der Waals surface area contributed by atoms with Gasteiger partial charge in [0.15, 0.2) is 34.9 Å². The van der Waals surface area contributed by atoms with Gasteiger partial charge in [0.05, 0.1) is 39.0 Å². The highest BCUT2D eigenvalue weighted by molar-refractivity contribution is 6.12. The summed E-state index contributed by atoms with van der Waals surface area (Å²) in [5, 5.41) is 3.37. The molecule has 0 spiro atoms. The highest BCUT2D eigenvalue weighted by Crippen LogP contribution is 2.46. The number of hydrogen-bond donors (Lipinski definition) is 0. The van der Waals surface area contributed by atoms with Gasteiger partial charge in [-0.3, -0.25) is 0 Å². The molecule has 11 aromatic carbocycles. The molecule has 0 aliphatic rings. The number of para-hydroxylation sites is 2. The number of rotatable bonds is 10. The first kappa shape index (κ1) is 50.8. The molecule has 15 rings (SSSR count). The molecule has 0 atom stereocenters. The first-order valence-electron chi connectivity index (χ1n) is 27.9. The lowest BCUT2D eigenvalue weighted by atomic mass is 9.91. The molecule has 15 aromatic rings. The SMILES string of the molecule is Cc1ccc2c(c1)c1ccccc1n2-c1cccc(-c2nc(-c3ccccc3)nc(-c3ccccc3)n2)c1-c1cccc(-c2c(-c3nc(-c4ccccc4)nc(-c4ccccc4)n3)cccc2-n2c3ccccc3c3cc(C(F)(F)F)ccc32)c1. The third-order valence-electron chi connectivity index (χ3n) is 15.7. The van der Waals surface area contributed by atoms with Gasteiger partial charge in [-0.2, -0.15) is 13.2 Å². The number of hydrogen-bond acceptors (Lipinski definition) is 6. The van der Waals surface area contributed by atoms with E-state index in [1.807, 2.05) is 164 Å². The summed E-state index contributed by atoms with van der Waals surface area (Å²) in [6.07, 6.45) is -4.56. The molecule has 4 heterocycles. The molecule has 0 fully saturated rings. The summed E-state index contributed by atoms with van der Waals surface area (Å²) >= 11 is 0. The molecule has 4 aromatic heterocycles. The number of benzene rings is 11. The third kappa shape index (κ3) is 9.06. The van der Waals surface area contributed by atoms with Gasteiger partial charge < -0.3 is 9.13 Å². The molecule has 0 radical (unpaired) electrons. The predicted molar refractivity (Wildman–Crippen MR) is 335 cm³/mol. The second-order valence-electron chi connectivity index (χ2n) is 21.0. The molecule has 0 aliphatic carbocycles. The van der Waals surface area contributed by atoms with Crippen molar-refractivity contribution in [1.29, 1.82) is 0 Å². The van der Waals surface area contributed by atoms with Gasteiger partial charge in [-0.25, -0.2) is 29.9 Å². The van der Waals surface area contributed by atoms with Crippen LogP contribution in [0.1, 0.15) is 11.1 Å². The minimum Gasteiger partial charge on any atom is -0.309 e. The fourth-order valence-corrected chi connectivity index (χ4v) is 11.9. The highest BCUT2D eigenvalue weighted by atomic mass is 19.4. The summed E-state index contributed by atoms with van der Waals surface area (Å²) in [5.74, 6) is 2.89. The third-order valence-corrected chi connectivity index (χ3v) is 15.7. The molecular weight excluding hydrogens is 1060 g/mol. The van der Waals surface area contributed by atoms with Gasteiger partial charge in [0.2, 0.25) is 0 Å². The number of aryl methyl sites for hydroxylation is 1. The molecule has 0 saturated heterocycles. The molecule has 0 amide bonds. The van der Waals surface area contributed by atoms with E-state index in [9.17, 15) is 13.2 Å². The Hall–Kier alpha value is -11.2. The summed E-state index contributed by atoms with van der Waals surface area (Å²) in [4.78, 5) is 31.5. The van der Waals surface area contributed by atoms with Crippen molar-refractivity contribution in [3.63, 3.8) is 0 Å². The second-order valence-corrected chi connectivity index (χ2v) is 21.0. The van der Waals surface area contributed by atoms with Crippen molar-refractivity contribution in [2.75, 3.05) is 0 Å². The average Bonchev–Trinajstić information content (AvgIpc) is 1.80. The smallest absolute Gasteiger partial charge is 0.309 e. The van der Waals surface area contributed by atoms with Gasteiger partial charge in [0, 0.05) is 66.1 Å². The maximum absolute atomic E-state index is 14.6. The van der Waals surface area contributed by atoms with Gasteiger partial charge in [0.1, 0.15) is 0 Å². The Labute approximate surface area is 486 Å². The van der Waals surface area contributed by atoms with Crippen molar-refractivity contribution in [3.05, 3.63) is 278 Å². The molecule has 85 heavy (non-hydrogen) atoms. The van der Waals surface area contributed by atoms with Crippen LogP contribution in [0.15, 0.2) is 267 Å². The number of alkyl halides is 3. The maximum atomic E-state index is 14.6. The van der Waals surface area contributed by atoms with E-state index in [4.69, 9.17) is 29.9 Å². The second kappa shape index (κ2) is 20.7. The van der Waals surface area contributed by atoms with Crippen LogP contribution in [0.25, 0.3) is 146 Å². The van der Waals surface area contributed by atoms with E-state index in [2.05, 4.69) is 101 Å². The molecule has 0 bridgehead atoms. The van der Waals surface area contributed by atoms with Crippen molar-refractivity contribution in [1.82, 2.24) is 39.0 Å². The van der Waals surface area contributed by atoms with Gasteiger partial charge in [-0.05, 0) is 78.7 Å². The zero-order chi connectivity index (χ0) is 57.2. The Morgan fingerprint density at radius 1 is 0.282 bits per heavy atom. The normalized spacial score (nSPS) is 11.8. The van der Waals surface area contributed by atoms with Crippen molar-refractivity contribution >= 4 is 43.6 Å². The fourth-order valence-electron chi connectivity index (χ4n) is 11.9. The largest absolute Gasteiger partial charge is 0.416 e.